The maximum Gasteiger partial charge on any atom is 0.243 e. The number of nitrogen functional groups attached to an aromatic ring is 1. The molecule has 0 bridgehead atoms. The van der Waals surface area contributed by atoms with Crippen LogP contribution in [0.1, 0.15) is 43.6 Å². The predicted octanol–water partition coefficient (Wildman–Crippen LogP) is 2.47. The first kappa shape index (κ1) is 23.1. The van der Waals surface area contributed by atoms with Crippen LogP contribution in [0.25, 0.3) is 0 Å². The minimum Gasteiger partial charge on any atom is -0.375 e. The van der Waals surface area contributed by atoms with E-state index in [1.54, 1.807) is 18.3 Å². The van der Waals surface area contributed by atoms with Crippen molar-refractivity contribution in [1.82, 2.24) is 20.5 Å². The molecule has 3 rings (SSSR count). The normalized spacial score (nSPS) is 20.2. The maximum absolute atomic E-state index is 13.3. The number of nitrogens with two attached hydrogens (primary N) is 1. The number of carbonyl (C=O) groups excluding carboxylic acids is 2. The minimum atomic E-state index is -0.765. The summed E-state index contributed by atoms with van der Waals surface area (Å²) in [5.74, 6) is -0.834. The van der Waals surface area contributed by atoms with Gasteiger partial charge >= 0.3 is 0 Å². The number of hydrogen-bond acceptors (Lipinski definition) is 6. The topological polar surface area (TPSA) is 100 Å². The summed E-state index contributed by atoms with van der Waals surface area (Å²) < 4.78 is 13.3. The lowest BCUT2D eigenvalue weighted by atomic mass is 9.97. The van der Waals surface area contributed by atoms with Crippen LogP contribution in [0, 0.1) is 5.82 Å². The summed E-state index contributed by atoms with van der Waals surface area (Å²) in [6.07, 6.45) is 5.18. The van der Waals surface area contributed by atoms with Crippen LogP contribution in [0.2, 0.25) is 0 Å². The third kappa shape index (κ3) is 6.73. The lowest BCUT2D eigenvalue weighted by Gasteiger charge is -2.38. The molecule has 1 aromatic heterocycles. The van der Waals surface area contributed by atoms with Gasteiger partial charge in [-0.2, -0.15) is 0 Å². The van der Waals surface area contributed by atoms with Gasteiger partial charge in [0.2, 0.25) is 11.8 Å². The van der Waals surface area contributed by atoms with Crippen molar-refractivity contribution in [2.45, 2.75) is 64.2 Å². The molecule has 7 nitrogen and oxygen atoms in total. The van der Waals surface area contributed by atoms with Gasteiger partial charge in [-0.3, -0.25) is 14.5 Å². The summed E-state index contributed by atoms with van der Waals surface area (Å²) in [4.78, 5) is 32.7. The molecule has 0 radical (unpaired) electrons. The fraction of sp³-hybridized carbons (Fsp3) is 0.500. The molecule has 0 aliphatic carbocycles. The number of thiazole rings is 1. The van der Waals surface area contributed by atoms with Crippen molar-refractivity contribution >= 4 is 28.3 Å². The number of likely N-dealkylation sites (tertiary alicyclic amines) is 1. The standard InChI is InChI=1S/C22H30FN5O2S/c1-14-4-3-5-15(2)28(14)13-20(29)27-19(10-16-6-8-17(23)9-7-16)21(30)25-11-18-12-26-22(24)31-18/h6-9,12,14-15,19H,3-5,10-11,13H2,1-2H3,(H2,24,26)(H,25,30)(H,27,29)/t14-,15?,19?/m0/s1. The van der Waals surface area contributed by atoms with Gasteiger partial charge in [0.15, 0.2) is 5.13 Å². The Labute approximate surface area is 186 Å². The van der Waals surface area contributed by atoms with E-state index >= 15 is 0 Å². The van der Waals surface area contributed by atoms with Crippen molar-refractivity contribution in [1.29, 1.82) is 0 Å². The Morgan fingerprint density at radius 1 is 1.26 bits per heavy atom. The molecule has 1 fully saturated rings. The third-order valence-corrected chi connectivity index (χ3v) is 6.54. The smallest absolute Gasteiger partial charge is 0.243 e. The molecule has 0 spiro atoms. The van der Waals surface area contributed by atoms with Crippen LogP contribution in [0.5, 0.6) is 0 Å². The SMILES string of the molecule is CC1CCC[C@H](C)N1CC(=O)NC(Cc1ccc(F)cc1)C(=O)NCc1cnc(N)s1. The van der Waals surface area contributed by atoms with Gasteiger partial charge in [0.05, 0.1) is 13.1 Å². The van der Waals surface area contributed by atoms with E-state index in [0.29, 0.717) is 17.2 Å². The van der Waals surface area contributed by atoms with Crippen LogP contribution in [-0.4, -0.2) is 46.4 Å². The number of piperidine rings is 1. The Bertz CT molecular complexity index is 878. The molecule has 2 amide bonds. The quantitative estimate of drug-likeness (QED) is 0.577. The molecule has 0 saturated carbocycles. The first-order valence-electron chi connectivity index (χ1n) is 10.6. The van der Waals surface area contributed by atoms with Crippen molar-refractivity contribution in [3.63, 3.8) is 0 Å². The molecule has 1 saturated heterocycles. The molecular weight excluding hydrogens is 417 g/mol. The van der Waals surface area contributed by atoms with Crippen LogP contribution in [0.3, 0.4) is 0 Å². The van der Waals surface area contributed by atoms with E-state index in [-0.39, 0.29) is 37.1 Å². The number of carbonyl (C=O) groups is 2. The van der Waals surface area contributed by atoms with Gasteiger partial charge < -0.3 is 16.4 Å². The number of nitrogens with zero attached hydrogens (tertiary/aromatic N) is 2. The van der Waals surface area contributed by atoms with Gasteiger partial charge in [-0.15, -0.1) is 11.3 Å². The number of halogens is 1. The van der Waals surface area contributed by atoms with Crippen molar-refractivity contribution in [2.24, 2.45) is 0 Å². The zero-order valence-electron chi connectivity index (χ0n) is 17.9. The van der Waals surface area contributed by atoms with Crippen LogP contribution < -0.4 is 16.4 Å². The highest BCUT2D eigenvalue weighted by Gasteiger charge is 2.28. The molecule has 1 aliphatic heterocycles. The van der Waals surface area contributed by atoms with Gasteiger partial charge in [-0.05, 0) is 44.4 Å². The van der Waals surface area contributed by atoms with E-state index in [4.69, 9.17) is 5.73 Å². The fourth-order valence-corrected chi connectivity index (χ4v) is 4.58. The summed E-state index contributed by atoms with van der Waals surface area (Å²) in [5, 5.41) is 6.17. The first-order valence-corrected chi connectivity index (χ1v) is 11.4. The monoisotopic (exact) mass is 447 g/mol. The Kier molecular flexibility index (Phi) is 7.97. The average molecular weight is 448 g/mol. The zero-order valence-corrected chi connectivity index (χ0v) is 18.8. The van der Waals surface area contributed by atoms with E-state index in [9.17, 15) is 14.0 Å². The largest absolute Gasteiger partial charge is 0.375 e. The number of rotatable bonds is 8. The van der Waals surface area contributed by atoms with Gasteiger partial charge in [0.25, 0.3) is 0 Å². The number of anilines is 1. The van der Waals surface area contributed by atoms with Crippen LogP contribution in [-0.2, 0) is 22.6 Å². The Morgan fingerprint density at radius 3 is 2.55 bits per heavy atom. The van der Waals surface area contributed by atoms with E-state index in [0.717, 1.165) is 29.7 Å². The maximum atomic E-state index is 13.3. The second-order valence-corrected chi connectivity index (χ2v) is 9.28. The van der Waals surface area contributed by atoms with Crippen molar-refractivity contribution in [2.75, 3.05) is 12.3 Å². The van der Waals surface area contributed by atoms with Gasteiger partial charge in [-0.1, -0.05) is 18.6 Å². The van der Waals surface area contributed by atoms with Gasteiger partial charge in [0, 0.05) is 29.6 Å². The van der Waals surface area contributed by atoms with Crippen molar-refractivity contribution in [3.8, 4) is 0 Å². The number of aromatic nitrogens is 1. The highest BCUT2D eigenvalue weighted by atomic mass is 32.1. The lowest BCUT2D eigenvalue weighted by molar-refractivity contribution is -0.130. The highest BCUT2D eigenvalue weighted by molar-refractivity contribution is 7.15. The Hall–Kier alpha value is -2.52. The number of benzene rings is 1. The van der Waals surface area contributed by atoms with Crippen LogP contribution >= 0.6 is 11.3 Å². The van der Waals surface area contributed by atoms with Crippen LogP contribution in [0.4, 0.5) is 9.52 Å². The second-order valence-electron chi connectivity index (χ2n) is 8.13. The van der Waals surface area contributed by atoms with Crippen LogP contribution in [0.15, 0.2) is 30.5 Å². The molecule has 31 heavy (non-hydrogen) atoms. The van der Waals surface area contributed by atoms with E-state index in [1.807, 2.05) is 0 Å². The number of amides is 2. The summed E-state index contributed by atoms with van der Waals surface area (Å²) in [7, 11) is 0. The molecule has 2 aromatic rings. The summed E-state index contributed by atoms with van der Waals surface area (Å²) in [5.41, 5.74) is 6.41. The lowest BCUT2D eigenvalue weighted by Crippen LogP contribution is -2.53. The summed E-state index contributed by atoms with van der Waals surface area (Å²) in [6, 6.07) is 5.85. The van der Waals surface area contributed by atoms with E-state index in [2.05, 4.69) is 34.4 Å². The predicted molar refractivity (Wildman–Crippen MR) is 120 cm³/mol. The molecular formula is C22H30FN5O2S. The minimum absolute atomic E-state index is 0.190. The average Bonchev–Trinajstić information content (AvgIpc) is 3.15. The fourth-order valence-electron chi connectivity index (χ4n) is 3.96. The third-order valence-electron chi connectivity index (χ3n) is 5.72. The van der Waals surface area contributed by atoms with Crippen molar-refractivity contribution < 1.29 is 14.0 Å². The molecule has 9 heteroatoms. The highest BCUT2D eigenvalue weighted by Crippen LogP contribution is 2.22. The number of hydrogen-bond donors (Lipinski definition) is 3. The summed E-state index contributed by atoms with van der Waals surface area (Å²) >= 11 is 1.30. The molecule has 2 unspecified atom stereocenters. The number of nitrogens with one attached hydrogen (secondary N) is 2. The molecule has 1 aliphatic rings. The Morgan fingerprint density at radius 2 is 1.94 bits per heavy atom. The second kappa shape index (κ2) is 10.7. The molecule has 3 atom stereocenters. The van der Waals surface area contributed by atoms with Gasteiger partial charge in [0.1, 0.15) is 11.9 Å². The van der Waals surface area contributed by atoms with Crippen molar-refractivity contribution in [3.05, 3.63) is 46.7 Å². The molecule has 2 heterocycles. The molecule has 4 N–H and O–H groups in total. The Balaban J connectivity index is 1.65. The summed E-state index contributed by atoms with van der Waals surface area (Å²) in [6.45, 7) is 4.80. The van der Waals surface area contributed by atoms with E-state index < -0.39 is 6.04 Å². The van der Waals surface area contributed by atoms with E-state index in [1.165, 1.54) is 23.5 Å². The first-order chi connectivity index (χ1) is 14.8. The zero-order chi connectivity index (χ0) is 22.4. The molecule has 168 valence electrons. The molecule has 1 aromatic carbocycles. The van der Waals surface area contributed by atoms with Gasteiger partial charge in [-0.25, -0.2) is 9.37 Å².